The van der Waals surface area contributed by atoms with Crippen molar-refractivity contribution in [3.63, 3.8) is 0 Å². The molecule has 0 aromatic rings. The second kappa shape index (κ2) is 4.54. The third kappa shape index (κ3) is 5.54. The maximum absolute atomic E-state index is 10.4. The van der Waals surface area contributed by atoms with Gasteiger partial charge in [0.05, 0.1) is 11.0 Å². The fourth-order valence-corrected chi connectivity index (χ4v) is 0.496. The van der Waals surface area contributed by atoms with Crippen LogP contribution in [0.25, 0.3) is 0 Å². The zero-order chi connectivity index (χ0) is 7.28. The van der Waals surface area contributed by atoms with Crippen molar-refractivity contribution < 1.29 is 9.59 Å². The third-order valence-corrected chi connectivity index (χ3v) is 1.26. The molecule has 2 N–H and O–H groups in total. The average Bonchev–Trinajstić information content (AvgIpc) is 1.83. The molecule has 0 aromatic heterocycles. The van der Waals surface area contributed by atoms with E-state index in [0.29, 0.717) is 4.43 Å². The Morgan fingerprint density at radius 2 is 2.11 bits per heavy atom. The fourth-order valence-electron chi connectivity index (χ4n) is 0.226. The molecule has 2 amide bonds. The molecular weight excluding hydrogens is 235 g/mol. The van der Waals surface area contributed by atoms with Gasteiger partial charge in [-0.15, -0.1) is 0 Å². The molecule has 1 radical (unpaired) electrons. The van der Waals surface area contributed by atoms with Crippen LogP contribution in [0.3, 0.4) is 0 Å². The number of carbonyl (C=O) groups is 2. The topological polar surface area (TPSA) is 70.0 Å². The van der Waals surface area contributed by atoms with E-state index < -0.39 is 5.91 Å². The minimum Gasteiger partial charge on any atom is -0.346 e. The molecular formula is C4H6IN2O2. The minimum absolute atomic E-state index is 0.179. The summed E-state index contributed by atoms with van der Waals surface area (Å²) in [5, 5.41) is 2.25. The van der Waals surface area contributed by atoms with Gasteiger partial charge in [-0.2, -0.15) is 0 Å². The number of rotatable bonds is 3. The van der Waals surface area contributed by atoms with Crippen LogP contribution in [0, 0.1) is 0 Å². The van der Waals surface area contributed by atoms with Gasteiger partial charge in [0.2, 0.25) is 5.91 Å². The maximum Gasteiger partial charge on any atom is 0.257 e. The Kier molecular flexibility index (Phi) is 4.37. The summed E-state index contributed by atoms with van der Waals surface area (Å²) < 4.78 is 0.324. The van der Waals surface area contributed by atoms with Gasteiger partial charge < -0.3 is 5.32 Å². The highest BCUT2D eigenvalue weighted by Crippen LogP contribution is 1.77. The van der Waals surface area contributed by atoms with Crippen LogP contribution in [0.15, 0.2) is 0 Å². The maximum atomic E-state index is 10.4. The van der Waals surface area contributed by atoms with Crippen molar-refractivity contribution in [1.29, 1.82) is 0 Å². The number of hydrogen-bond acceptors (Lipinski definition) is 2. The molecule has 0 bridgehead atoms. The predicted octanol–water partition coefficient (Wildman–Crippen LogP) is -0.653. The molecule has 0 aliphatic carbocycles. The number of carbonyl (C=O) groups excluding carboxylic acids is 2. The lowest BCUT2D eigenvalue weighted by molar-refractivity contribution is -0.123. The zero-order valence-corrected chi connectivity index (χ0v) is 6.77. The Morgan fingerprint density at radius 1 is 1.56 bits per heavy atom. The van der Waals surface area contributed by atoms with Crippen molar-refractivity contribution in [2.24, 2.45) is 0 Å². The molecule has 0 atom stereocenters. The Labute approximate surface area is 66.3 Å². The van der Waals surface area contributed by atoms with Gasteiger partial charge in [0.25, 0.3) is 5.91 Å². The molecule has 0 heterocycles. The standard InChI is InChI=1S/C4H6IN2O2/c5-1-4(9)7-2-3(6)8/h6H,1-2H2,(H,7,9). The van der Waals surface area contributed by atoms with E-state index >= 15 is 0 Å². The van der Waals surface area contributed by atoms with E-state index in [1.807, 2.05) is 22.6 Å². The second-order valence-electron chi connectivity index (χ2n) is 1.33. The molecule has 0 fully saturated rings. The van der Waals surface area contributed by atoms with E-state index in [1.165, 1.54) is 0 Å². The van der Waals surface area contributed by atoms with Crippen LogP contribution in [-0.4, -0.2) is 22.8 Å². The molecule has 0 unspecified atom stereocenters. The van der Waals surface area contributed by atoms with Crippen LogP contribution in [0.4, 0.5) is 0 Å². The molecule has 0 saturated heterocycles. The summed E-state index contributed by atoms with van der Waals surface area (Å²) in [6.07, 6.45) is 0. The molecule has 51 valence electrons. The van der Waals surface area contributed by atoms with Crippen LogP contribution in [-0.2, 0) is 9.59 Å². The molecule has 0 saturated carbocycles. The fraction of sp³-hybridized carbons (Fsp3) is 0.500. The van der Waals surface area contributed by atoms with Gasteiger partial charge in [-0.05, 0) is 0 Å². The highest BCUT2D eigenvalue weighted by atomic mass is 127. The van der Waals surface area contributed by atoms with Gasteiger partial charge in [-0.1, -0.05) is 22.6 Å². The quantitative estimate of drug-likeness (QED) is 0.526. The first-order valence-electron chi connectivity index (χ1n) is 2.24. The van der Waals surface area contributed by atoms with Crippen molar-refractivity contribution >= 4 is 34.4 Å². The summed E-state index contributed by atoms with van der Waals surface area (Å²) in [5.41, 5.74) is 6.39. The minimum atomic E-state index is -0.770. The molecule has 0 rings (SSSR count). The summed E-state index contributed by atoms with van der Waals surface area (Å²) in [6, 6.07) is 0. The van der Waals surface area contributed by atoms with Crippen LogP contribution >= 0.6 is 22.6 Å². The summed E-state index contributed by atoms with van der Waals surface area (Å²) in [4.78, 5) is 20.3. The van der Waals surface area contributed by atoms with Crippen molar-refractivity contribution in [3.8, 4) is 0 Å². The van der Waals surface area contributed by atoms with E-state index in [4.69, 9.17) is 5.73 Å². The van der Waals surface area contributed by atoms with E-state index in [9.17, 15) is 9.59 Å². The summed E-state index contributed by atoms with van der Waals surface area (Å²) in [6.45, 7) is -0.179. The van der Waals surface area contributed by atoms with Crippen molar-refractivity contribution in [1.82, 2.24) is 11.1 Å². The second-order valence-corrected chi connectivity index (χ2v) is 2.10. The smallest absolute Gasteiger partial charge is 0.257 e. The lowest BCUT2D eigenvalue weighted by atomic mass is 10.6. The van der Waals surface area contributed by atoms with Gasteiger partial charge in [-0.3, -0.25) is 15.3 Å². The van der Waals surface area contributed by atoms with Gasteiger partial charge >= 0.3 is 0 Å². The Hall–Kier alpha value is -0.330. The van der Waals surface area contributed by atoms with Gasteiger partial charge in [0.1, 0.15) is 0 Å². The Morgan fingerprint density at radius 3 is 2.44 bits per heavy atom. The van der Waals surface area contributed by atoms with Crippen LogP contribution < -0.4 is 11.1 Å². The van der Waals surface area contributed by atoms with Gasteiger partial charge in [0.15, 0.2) is 0 Å². The first-order valence-corrected chi connectivity index (χ1v) is 3.76. The van der Waals surface area contributed by atoms with Crippen LogP contribution in [0.5, 0.6) is 0 Å². The zero-order valence-electron chi connectivity index (χ0n) is 4.61. The van der Waals surface area contributed by atoms with E-state index in [-0.39, 0.29) is 12.5 Å². The number of nitrogens with one attached hydrogen (secondary N) is 2. The number of hydrogen-bond donors (Lipinski definition) is 1. The molecule has 0 spiro atoms. The number of amides is 2. The van der Waals surface area contributed by atoms with Crippen molar-refractivity contribution in [2.75, 3.05) is 11.0 Å². The molecule has 4 nitrogen and oxygen atoms in total. The Bertz CT molecular complexity index is 126. The third-order valence-electron chi connectivity index (χ3n) is 0.567. The number of halogens is 1. The molecule has 0 aliphatic heterocycles. The van der Waals surface area contributed by atoms with Crippen molar-refractivity contribution in [2.45, 2.75) is 0 Å². The molecule has 0 aliphatic rings. The van der Waals surface area contributed by atoms with Gasteiger partial charge in [-0.25, -0.2) is 0 Å². The summed E-state index contributed by atoms with van der Waals surface area (Å²) in [5.74, 6) is -0.982. The van der Waals surface area contributed by atoms with E-state index in [1.54, 1.807) is 0 Å². The molecule has 5 heteroatoms. The number of alkyl halides is 1. The Balaban J connectivity index is 3.28. The van der Waals surface area contributed by atoms with Crippen molar-refractivity contribution in [3.05, 3.63) is 0 Å². The predicted molar refractivity (Wildman–Crippen MR) is 40.0 cm³/mol. The van der Waals surface area contributed by atoms with E-state index in [2.05, 4.69) is 5.32 Å². The average molecular weight is 241 g/mol. The van der Waals surface area contributed by atoms with Crippen LogP contribution in [0.1, 0.15) is 0 Å². The highest BCUT2D eigenvalue weighted by Gasteiger charge is 1.98. The normalized spacial score (nSPS) is 8.56. The first kappa shape index (κ1) is 8.67. The monoisotopic (exact) mass is 241 g/mol. The largest absolute Gasteiger partial charge is 0.346 e. The van der Waals surface area contributed by atoms with Gasteiger partial charge in [0, 0.05) is 0 Å². The SMILES string of the molecule is [NH]C(=O)CNC(=O)CI. The molecule has 9 heavy (non-hydrogen) atoms. The van der Waals surface area contributed by atoms with E-state index in [0.717, 1.165) is 0 Å². The first-order chi connectivity index (χ1) is 4.16. The highest BCUT2D eigenvalue weighted by molar-refractivity contribution is 14.1. The summed E-state index contributed by atoms with van der Waals surface area (Å²) in [7, 11) is 0. The summed E-state index contributed by atoms with van der Waals surface area (Å²) >= 11 is 1.88. The lowest BCUT2D eigenvalue weighted by Gasteiger charge is -1.95. The lowest BCUT2D eigenvalue weighted by Crippen LogP contribution is -2.30. The molecule has 0 aromatic carbocycles. The van der Waals surface area contributed by atoms with Crippen LogP contribution in [0.2, 0.25) is 0 Å².